The van der Waals surface area contributed by atoms with Crippen molar-refractivity contribution >= 4 is 11.6 Å². The van der Waals surface area contributed by atoms with Gasteiger partial charge in [0, 0.05) is 19.6 Å². The monoisotopic (exact) mass is 278 g/mol. The minimum atomic E-state index is 0.0464. The molecule has 1 aromatic rings. The fraction of sp³-hybridized carbons (Fsp3) is 0.533. The number of hydrogen-bond donors (Lipinski definition) is 2. The van der Waals surface area contributed by atoms with Gasteiger partial charge in [0.15, 0.2) is 0 Å². The number of amides is 1. The van der Waals surface area contributed by atoms with Crippen molar-refractivity contribution in [1.29, 1.82) is 0 Å². The largest absolute Gasteiger partial charge is 0.491 e. The maximum atomic E-state index is 11.6. The van der Waals surface area contributed by atoms with Gasteiger partial charge in [0.25, 0.3) is 0 Å². The molecule has 1 unspecified atom stereocenters. The molecule has 1 fully saturated rings. The van der Waals surface area contributed by atoms with E-state index in [2.05, 4.69) is 5.32 Å². The van der Waals surface area contributed by atoms with Crippen molar-refractivity contribution in [2.24, 2.45) is 0 Å². The lowest BCUT2D eigenvalue weighted by Gasteiger charge is -2.11. The number of nitrogens with one attached hydrogen (secondary N) is 1. The van der Waals surface area contributed by atoms with E-state index in [1.54, 1.807) is 6.07 Å². The lowest BCUT2D eigenvalue weighted by Crippen LogP contribution is -2.31. The molecule has 1 aliphatic heterocycles. The third kappa shape index (κ3) is 4.74. The van der Waals surface area contributed by atoms with Crippen molar-refractivity contribution in [3.63, 3.8) is 0 Å². The summed E-state index contributed by atoms with van der Waals surface area (Å²) in [4.78, 5) is 11.6. The third-order valence-electron chi connectivity index (χ3n) is 3.28. The maximum absolute atomic E-state index is 11.6. The van der Waals surface area contributed by atoms with Gasteiger partial charge in [-0.15, -0.1) is 0 Å². The van der Waals surface area contributed by atoms with Gasteiger partial charge in [0.1, 0.15) is 5.75 Å². The Hall–Kier alpha value is -1.75. The summed E-state index contributed by atoms with van der Waals surface area (Å²) >= 11 is 0. The highest BCUT2D eigenvalue weighted by atomic mass is 16.5. The average molecular weight is 278 g/mol. The summed E-state index contributed by atoms with van der Waals surface area (Å²) in [7, 11) is 0. The first-order valence-electron chi connectivity index (χ1n) is 7.11. The van der Waals surface area contributed by atoms with E-state index in [4.69, 9.17) is 15.2 Å². The maximum Gasteiger partial charge on any atom is 0.220 e. The van der Waals surface area contributed by atoms with Crippen LogP contribution in [0.25, 0.3) is 0 Å². The van der Waals surface area contributed by atoms with Gasteiger partial charge in [-0.25, -0.2) is 0 Å². The Bertz CT molecular complexity index is 431. The zero-order valence-electron chi connectivity index (χ0n) is 11.6. The summed E-state index contributed by atoms with van der Waals surface area (Å²) in [6.45, 7) is 1.92. The minimum absolute atomic E-state index is 0.0464. The van der Waals surface area contributed by atoms with Crippen LogP contribution in [0.3, 0.4) is 0 Å². The van der Waals surface area contributed by atoms with Gasteiger partial charge in [-0.3, -0.25) is 4.79 Å². The number of rotatable bonds is 7. The van der Waals surface area contributed by atoms with Gasteiger partial charge in [0.2, 0.25) is 5.91 Å². The van der Waals surface area contributed by atoms with Crippen LogP contribution >= 0.6 is 0 Å². The molecule has 1 amide bonds. The van der Waals surface area contributed by atoms with Crippen molar-refractivity contribution < 1.29 is 14.3 Å². The normalized spacial score (nSPS) is 17.9. The van der Waals surface area contributed by atoms with Crippen molar-refractivity contribution in [3.8, 4) is 5.75 Å². The number of benzene rings is 1. The molecule has 0 bridgehead atoms. The number of nitrogen functional groups attached to an aromatic ring is 1. The summed E-state index contributed by atoms with van der Waals surface area (Å²) in [5.74, 6) is 0.720. The van der Waals surface area contributed by atoms with Crippen LogP contribution in [0, 0.1) is 0 Å². The van der Waals surface area contributed by atoms with E-state index in [0.29, 0.717) is 37.4 Å². The van der Waals surface area contributed by atoms with Gasteiger partial charge in [0.05, 0.1) is 18.4 Å². The second kappa shape index (κ2) is 7.75. The Morgan fingerprint density at radius 1 is 1.45 bits per heavy atom. The second-order valence-corrected chi connectivity index (χ2v) is 4.93. The van der Waals surface area contributed by atoms with Crippen LogP contribution in [0.2, 0.25) is 0 Å². The van der Waals surface area contributed by atoms with Crippen molar-refractivity contribution in [1.82, 2.24) is 5.32 Å². The molecule has 0 aliphatic carbocycles. The van der Waals surface area contributed by atoms with Gasteiger partial charge in [-0.2, -0.15) is 0 Å². The third-order valence-corrected chi connectivity index (χ3v) is 3.28. The molecule has 1 heterocycles. The molecule has 3 N–H and O–H groups in total. The summed E-state index contributed by atoms with van der Waals surface area (Å²) in [5, 5.41) is 2.89. The number of nitrogens with two attached hydrogens (primary N) is 1. The molecule has 0 spiro atoms. The number of para-hydroxylation sites is 2. The van der Waals surface area contributed by atoms with Crippen LogP contribution in [0.4, 0.5) is 5.69 Å². The molecule has 1 saturated heterocycles. The summed E-state index contributed by atoms with van der Waals surface area (Å²) in [5.41, 5.74) is 6.38. The first kappa shape index (κ1) is 14.7. The van der Waals surface area contributed by atoms with Gasteiger partial charge >= 0.3 is 0 Å². The number of hydrogen-bond acceptors (Lipinski definition) is 4. The molecular formula is C15H22N2O3. The minimum Gasteiger partial charge on any atom is -0.491 e. The summed E-state index contributed by atoms with van der Waals surface area (Å²) < 4.78 is 11.0. The quantitative estimate of drug-likeness (QED) is 0.588. The standard InChI is InChI=1S/C15H22N2O3/c16-13-6-1-2-7-14(13)20-10-4-8-15(18)17-11-12-5-3-9-19-12/h1-2,6-7,12H,3-5,8-11,16H2,(H,17,18). The Kier molecular flexibility index (Phi) is 5.68. The Morgan fingerprint density at radius 2 is 2.30 bits per heavy atom. The average Bonchev–Trinajstić information content (AvgIpc) is 2.96. The molecular weight excluding hydrogens is 256 g/mol. The predicted molar refractivity (Wildman–Crippen MR) is 77.6 cm³/mol. The Morgan fingerprint density at radius 3 is 3.05 bits per heavy atom. The molecule has 5 heteroatoms. The molecule has 1 aromatic carbocycles. The van der Waals surface area contributed by atoms with Gasteiger partial charge in [-0.05, 0) is 31.4 Å². The van der Waals surface area contributed by atoms with Crippen LogP contribution < -0.4 is 15.8 Å². The highest BCUT2D eigenvalue weighted by Crippen LogP contribution is 2.19. The van der Waals surface area contributed by atoms with E-state index in [-0.39, 0.29) is 12.0 Å². The molecule has 1 aliphatic rings. The lowest BCUT2D eigenvalue weighted by atomic mass is 10.2. The Balaban J connectivity index is 1.56. The molecule has 20 heavy (non-hydrogen) atoms. The van der Waals surface area contributed by atoms with E-state index >= 15 is 0 Å². The van der Waals surface area contributed by atoms with E-state index in [1.165, 1.54) is 0 Å². The highest BCUT2D eigenvalue weighted by Gasteiger charge is 2.15. The van der Waals surface area contributed by atoms with Gasteiger partial charge in [-0.1, -0.05) is 12.1 Å². The first-order chi connectivity index (χ1) is 9.75. The Labute approximate surface area is 119 Å². The van der Waals surface area contributed by atoms with Crippen LogP contribution in [0.5, 0.6) is 5.75 Å². The topological polar surface area (TPSA) is 73.6 Å². The molecule has 0 aromatic heterocycles. The molecule has 0 saturated carbocycles. The molecule has 2 rings (SSSR count). The predicted octanol–water partition coefficient (Wildman–Crippen LogP) is 1.72. The van der Waals surface area contributed by atoms with E-state index in [9.17, 15) is 4.79 Å². The van der Waals surface area contributed by atoms with Crippen molar-refractivity contribution in [3.05, 3.63) is 24.3 Å². The van der Waals surface area contributed by atoms with Crippen LogP contribution in [0.15, 0.2) is 24.3 Å². The van der Waals surface area contributed by atoms with Crippen LogP contribution in [-0.2, 0) is 9.53 Å². The van der Waals surface area contributed by atoms with Crippen LogP contribution in [0.1, 0.15) is 25.7 Å². The smallest absolute Gasteiger partial charge is 0.220 e. The molecule has 110 valence electrons. The fourth-order valence-corrected chi connectivity index (χ4v) is 2.15. The zero-order valence-corrected chi connectivity index (χ0v) is 11.6. The molecule has 5 nitrogen and oxygen atoms in total. The number of ether oxygens (including phenoxy) is 2. The van der Waals surface area contributed by atoms with Crippen LogP contribution in [-0.4, -0.2) is 31.8 Å². The van der Waals surface area contributed by atoms with E-state index < -0.39 is 0 Å². The number of anilines is 1. The summed E-state index contributed by atoms with van der Waals surface area (Å²) in [6, 6.07) is 7.36. The highest BCUT2D eigenvalue weighted by molar-refractivity contribution is 5.75. The van der Waals surface area contributed by atoms with E-state index in [0.717, 1.165) is 19.4 Å². The SMILES string of the molecule is Nc1ccccc1OCCCC(=O)NCC1CCCO1. The fourth-order valence-electron chi connectivity index (χ4n) is 2.15. The lowest BCUT2D eigenvalue weighted by molar-refractivity contribution is -0.121. The van der Waals surface area contributed by atoms with Crippen molar-refractivity contribution in [2.75, 3.05) is 25.5 Å². The second-order valence-electron chi connectivity index (χ2n) is 4.93. The van der Waals surface area contributed by atoms with Gasteiger partial charge < -0.3 is 20.5 Å². The number of carbonyl (C=O) groups excluding carboxylic acids is 1. The first-order valence-corrected chi connectivity index (χ1v) is 7.11. The number of carbonyl (C=O) groups is 1. The summed E-state index contributed by atoms with van der Waals surface area (Å²) in [6.07, 6.45) is 3.45. The van der Waals surface area contributed by atoms with E-state index in [1.807, 2.05) is 18.2 Å². The van der Waals surface area contributed by atoms with Crippen molar-refractivity contribution in [2.45, 2.75) is 31.8 Å². The zero-order chi connectivity index (χ0) is 14.2. The molecule has 1 atom stereocenters. The molecule has 0 radical (unpaired) electrons.